The summed E-state index contributed by atoms with van der Waals surface area (Å²) >= 11 is 6.25. The van der Waals surface area contributed by atoms with Crippen LogP contribution in [0.25, 0.3) is 22.3 Å². The molecule has 0 saturated heterocycles. The topological polar surface area (TPSA) is 36.4 Å². The van der Waals surface area contributed by atoms with Crippen molar-refractivity contribution in [3.05, 3.63) is 155 Å². The maximum Gasteiger partial charge on any atom is 0.131 e. The molecule has 0 amide bonds. The van der Waals surface area contributed by atoms with Crippen molar-refractivity contribution in [2.75, 3.05) is 0 Å². The van der Waals surface area contributed by atoms with E-state index in [1.165, 1.54) is 5.56 Å². The van der Waals surface area contributed by atoms with Crippen LogP contribution in [0.1, 0.15) is 29.0 Å². The van der Waals surface area contributed by atoms with Gasteiger partial charge in [-0.15, -0.1) is 0 Å². The van der Waals surface area contributed by atoms with Gasteiger partial charge in [0, 0.05) is 10.6 Å². The Labute approximate surface area is 222 Å². The summed E-state index contributed by atoms with van der Waals surface area (Å²) in [6.07, 6.45) is -0.258. The van der Waals surface area contributed by atoms with E-state index in [1.54, 1.807) is 0 Å². The monoisotopic (exact) mass is 499 g/mol. The smallest absolute Gasteiger partial charge is 0.131 e. The van der Waals surface area contributed by atoms with Gasteiger partial charge < -0.3 is 5.32 Å². The lowest BCUT2D eigenvalue weighted by Crippen LogP contribution is -2.44. The van der Waals surface area contributed by atoms with Crippen molar-refractivity contribution < 1.29 is 0 Å². The van der Waals surface area contributed by atoms with Gasteiger partial charge >= 0.3 is 0 Å². The van der Waals surface area contributed by atoms with Crippen LogP contribution in [0.15, 0.2) is 138 Å². The van der Waals surface area contributed by atoms with Crippen LogP contribution in [0.4, 0.5) is 0 Å². The zero-order valence-corrected chi connectivity index (χ0v) is 20.9. The Bertz CT molecular complexity index is 1550. The van der Waals surface area contributed by atoms with Crippen LogP contribution in [-0.4, -0.2) is 5.84 Å². The molecule has 0 fully saturated rings. The van der Waals surface area contributed by atoms with Crippen molar-refractivity contribution in [3.63, 3.8) is 0 Å². The Morgan fingerprint density at radius 2 is 1.05 bits per heavy atom. The minimum Gasteiger partial charge on any atom is -0.350 e. The second kappa shape index (κ2) is 10.4. The molecule has 1 aliphatic heterocycles. The van der Waals surface area contributed by atoms with Crippen LogP contribution in [0, 0.1) is 0 Å². The predicted molar refractivity (Wildman–Crippen MR) is 153 cm³/mol. The van der Waals surface area contributed by atoms with Gasteiger partial charge in [0.15, 0.2) is 0 Å². The zero-order chi connectivity index (χ0) is 25.0. The van der Waals surface area contributed by atoms with Gasteiger partial charge in [-0.05, 0) is 57.6 Å². The van der Waals surface area contributed by atoms with Gasteiger partial charge in [-0.25, -0.2) is 4.99 Å². The number of aliphatic imine (C=N–C) groups is 1. The van der Waals surface area contributed by atoms with Crippen LogP contribution in [0.3, 0.4) is 0 Å². The van der Waals surface area contributed by atoms with E-state index in [9.17, 15) is 0 Å². The van der Waals surface area contributed by atoms with E-state index in [1.807, 2.05) is 42.5 Å². The lowest BCUT2D eigenvalue weighted by atomic mass is 9.97. The molecule has 0 spiro atoms. The number of amidine groups is 1. The first-order valence-corrected chi connectivity index (χ1v) is 12.8. The van der Waals surface area contributed by atoms with Gasteiger partial charge in [0.1, 0.15) is 18.2 Å². The SMILES string of the molecule is Clc1cccc(-c2cccc(-c3cccc(C4N=C(c5ccccc5)NC(c5ccccc5)N4)c3)c2)c1. The van der Waals surface area contributed by atoms with Crippen LogP contribution in [0.2, 0.25) is 5.02 Å². The van der Waals surface area contributed by atoms with Crippen molar-refractivity contribution in [1.82, 2.24) is 10.6 Å². The molecule has 0 aliphatic carbocycles. The highest BCUT2D eigenvalue weighted by Gasteiger charge is 2.25. The predicted octanol–water partition coefficient (Wildman–Crippen LogP) is 8.01. The molecule has 6 rings (SSSR count). The third-order valence-electron chi connectivity index (χ3n) is 6.60. The van der Waals surface area contributed by atoms with Gasteiger partial charge in [0.25, 0.3) is 0 Å². The molecular formula is C33H26ClN3. The molecule has 2 atom stereocenters. The van der Waals surface area contributed by atoms with E-state index in [4.69, 9.17) is 16.6 Å². The molecule has 0 bridgehead atoms. The van der Waals surface area contributed by atoms with E-state index in [0.29, 0.717) is 0 Å². The fraction of sp³-hybridized carbons (Fsp3) is 0.0606. The summed E-state index contributed by atoms with van der Waals surface area (Å²) in [5.74, 6) is 0.881. The Balaban J connectivity index is 1.36. The van der Waals surface area contributed by atoms with Crippen LogP contribution >= 0.6 is 11.6 Å². The number of nitrogens with zero attached hydrogens (tertiary/aromatic N) is 1. The molecule has 2 unspecified atom stereocenters. The summed E-state index contributed by atoms with van der Waals surface area (Å²) in [6, 6.07) is 45.9. The van der Waals surface area contributed by atoms with E-state index in [2.05, 4.69) is 102 Å². The van der Waals surface area contributed by atoms with E-state index >= 15 is 0 Å². The van der Waals surface area contributed by atoms with Gasteiger partial charge in [-0.1, -0.05) is 121 Å². The van der Waals surface area contributed by atoms with E-state index < -0.39 is 0 Å². The summed E-state index contributed by atoms with van der Waals surface area (Å²) in [5, 5.41) is 8.02. The third-order valence-corrected chi connectivity index (χ3v) is 6.84. The van der Waals surface area contributed by atoms with Gasteiger partial charge in [-0.3, -0.25) is 5.32 Å². The van der Waals surface area contributed by atoms with E-state index in [0.717, 1.165) is 44.2 Å². The van der Waals surface area contributed by atoms with Crippen molar-refractivity contribution in [3.8, 4) is 22.3 Å². The number of nitrogens with one attached hydrogen (secondary N) is 2. The van der Waals surface area contributed by atoms with Crippen LogP contribution in [-0.2, 0) is 0 Å². The Morgan fingerprint density at radius 1 is 0.514 bits per heavy atom. The highest BCUT2D eigenvalue weighted by atomic mass is 35.5. The first kappa shape index (κ1) is 23.2. The summed E-state index contributed by atoms with van der Waals surface area (Å²) < 4.78 is 0. The lowest BCUT2D eigenvalue weighted by Gasteiger charge is -2.32. The molecule has 0 radical (unpaired) electrons. The molecule has 5 aromatic rings. The molecule has 1 aliphatic rings. The van der Waals surface area contributed by atoms with Crippen molar-refractivity contribution in [2.24, 2.45) is 4.99 Å². The molecule has 180 valence electrons. The minimum absolute atomic E-state index is 0.0614. The normalized spacial score (nSPS) is 17.1. The summed E-state index contributed by atoms with van der Waals surface area (Å²) in [7, 11) is 0. The first-order chi connectivity index (χ1) is 18.2. The minimum atomic E-state index is -0.197. The Morgan fingerprint density at radius 3 is 1.76 bits per heavy atom. The van der Waals surface area contributed by atoms with Crippen molar-refractivity contribution in [1.29, 1.82) is 0 Å². The second-order valence-corrected chi connectivity index (χ2v) is 9.55. The number of benzene rings is 5. The maximum absolute atomic E-state index is 6.25. The maximum atomic E-state index is 6.25. The molecule has 0 aromatic heterocycles. The second-order valence-electron chi connectivity index (χ2n) is 9.12. The first-order valence-electron chi connectivity index (χ1n) is 12.4. The zero-order valence-electron chi connectivity index (χ0n) is 20.2. The number of hydrogen-bond donors (Lipinski definition) is 2. The lowest BCUT2D eigenvalue weighted by molar-refractivity contribution is 0.409. The van der Waals surface area contributed by atoms with E-state index in [-0.39, 0.29) is 12.3 Å². The number of rotatable bonds is 5. The molecule has 5 aromatic carbocycles. The highest BCUT2D eigenvalue weighted by molar-refractivity contribution is 6.30. The quantitative estimate of drug-likeness (QED) is 0.257. The van der Waals surface area contributed by atoms with Gasteiger partial charge in [-0.2, -0.15) is 0 Å². The molecule has 0 saturated carbocycles. The Hall–Kier alpha value is -4.18. The Kier molecular flexibility index (Phi) is 6.55. The summed E-state index contributed by atoms with van der Waals surface area (Å²) in [6.45, 7) is 0. The largest absolute Gasteiger partial charge is 0.350 e. The number of hydrogen-bond acceptors (Lipinski definition) is 3. The van der Waals surface area contributed by atoms with Crippen molar-refractivity contribution >= 4 is 17.4 Å². The molecule has 37 heavy (non-hydrogen) atoms. The van der Waals surface area contributed by atoms with Crippen LogP contribution in [0.5, 0.6) is 0 Å². The van der Waals surface area contributed by atoms with Gasteiger partial charge in [0.05, 0.1) is 0 Å². The number of halogens is 1. The molecule has 4 heteroatoms. The summed E-state index contributed by atoms with van der Waals surface area (Å²) in [4.78, 5) is 5.09. The highest BCUT2D eigenvalue weighted by Crippen LogP contribution is 2.31. The van der Waals surface area contributed by atoms with Gasteiger partial charge in [0.2, 0.25) is 0 Å². The molecule has 3 nitrogen and oxygen atoms in total. The molecular weight excluding hydrogens is 474 g/mol. The third kappa shape index (κ3) is 5.19. The molecule has 2 N–H and O–H groups in total. The fourth-order valence-corrected chi connectivity index (χ4v) is 4.91. The average Bonchev–Trinajstić information content (AvgIpc) is 2.98. The summed E-state index contributed by atoms with van der Waals surface area (Å²) in [5.41, 5.74) is 7.89. The standard InChI is InChI=1S/C33H26ClN3/c34-30-19-9-17-28(22-30)26-15-7-14-25(20-26)27-16-8-18-29(21-27)33-36-31(23-10-3-1-4-11-23)35-32(37-33)24-12-5-2-6-13-24/h1-22,31,33,36H,(H,35,37). The molecule has 1 heterocycles. The fourth-order valence-electron chi connectivity index (χ4n) is 4.72. The van der Waals surface area contributed by atoms with Crippen molar-refractivity contribution in [2.45, 2.75) is 12.3 Å². The van der Waals surface area contributed by atoms with Crippen LogP contribution < -0.4 is 10.6 Å². The average molecular weight is 500 g/mol.